The number of rotatable bonds is 6. The molecule has 0 aliphatic heterocycles. The number of fused-ring (bicyclic) bond motifs is 1. The van der Waals surface area contributed by atoms with Crippen molar-refractivity contribution in [2.45, 2.75) is 0 Å². The Hall–Kier alpha value is -3.32. The van der Waals surface area contributed by atoms with E-state index in [0.29, 0.717) is 16.5 Å². The molecular weight excluding hydrogens is 382 g/mol. The van der Waals surface area contributed by atoms with E-state index in [1.54, 1.807) is 6.20 Å². The average Bonchev–Trinajstić information content (AvgIpc) is 2.72. The van der Waals surface area contributed by atoms with Crippen LogP contribution < -0.4 is 15.4 Å². The predicted octanol–water partition coefficient (Wildman–Crippen LogP) is 3.88. The standard InChI is InChI=1S/C20H18ClN3O4/c1-27-19(25)14-4-6-16(21)18(12-14)24-20(26)23-9-10-28-15-5-7-17-13(11-15)3-2-8-22-17/h2-8,11-12H,9-10H2,1H3,(H2,23,24,26). The summed E-state index contributed by atoms with van der Waals surface area (Å²) in [5.41, 5.74) is 1.49. The first-order valence-corrected chi connectivity index (χ1v) is 8.85. The zero-order valence-corrected chi connectivity index (χ0v) is 15.8. The Bertz CT molecular complexity index is 1010. The minimum atomic E-state index is -0.515. The normalized spacial score (nSPS) is 10.4. The number of carbonyl (C=O) groups excluding carboxylic acids is 2. The second-order valence-corrected chi connectivity index (χ2v) is 6.18. The van der Waals surface area contributed by atoms with Gasteiger partial charge in [-0.05, 0) is 42.5 Å². The lowest BCUT2D eigenvalue weighted by Crippen LogP contribution is -2.32. The number of nitrogens with zero attached hydrogens (tertiary/aromatic N) is 1. The Morgan fingerprint density at radius 3 is 2.82 bits per heavy atom. The summed E-state index contributed by atoms with van der Waals surface area (Å²) in [6.07, 6.45) is 1.73. The quantitative estimate of drug-likeness (QED) is 0.485. The van der Waals surface area contributed by atoms with Crippen LogP contribution in [0.15, 0.2) is 54.7 Å². The van der Waals surface area contributed by atoms with E-state index < -0.39 is 12.0 Å². The predicted molar refractivity (Wildman–Crippen MR) is 107 cm³/mol. The van der Waals surface area contributed by atoms with Crippen molar-refractivity contribution in [3.05, 3.63) is 65.3 Å². The maximum Gasteiger partial charge on any atom is 0.337 e. The number of aromatic nitrogens is 1. The number of hydrogen-bond acceptors (Lipinski definition) is 5. The van der Waals surface area contributed by atoms with E-state index in [-0.39, 0.29) is 18.7 Å². The Kier molecular flexibility index (Phi) is 6.29. The Balaban J connectivity index is 1.49. The minimum Gasteiger partial charge on any atom is -0.492 e. The number of halogens is 1. The van der Waals surface area contributed by atoms with Crippen molar-refractivity contribution in [1.29, 1.82) is 0 Å². The first kappa shape index (κ1) is 19.4. The zero-order valence-electron chi connectivity index (χ0n) is 15.1. The van der Waals surface area contributed by atoms with Gasteiger partial charge < -0.3 is 20.1 Å². The number of amides is 2. The van der Waals surface area contributed by atoms with Crippen LogP contribution in [0.4, 0.5) is 10.5 Å². The largest absolute Gasteiger partial charge is 0.492 e. The molecule has 0 aliphatic rings. The van der Waals surface area contributed by atoms with Gasteiger partial charge in [-0.1, -0.05) is 17.7 Å². The first-order valence-electron chi connectivity index (χ1n) is 8.47. The molecule has 7 nitrogen and oxygen atoms in total. The highest BCUT2D eigenvalue weighted by molar-refractivity contribution is 6.33. The number of carbonyl (C=O) groups is 2. The second-order valence-electron chi connectivity index (χ2n) is 5.77. The van der Waals surface area contributed by atoms with E-state index in [2.05, 4.69) is 20.4 Å². The van der Waals surface area contributed by atoms with Gasteiger partial charge in [0, 0.05) is 11.6 Å². The van der Waals surface area contributed by atoms with Crippen molar-refractivity contribution in [2.75, 3.05) is 25.6 Å². The number of anilines is 1. The molecule has 0 saturated carbocycles. The zero-order chi connectivity index (χ0) is 19.9. The monoisotopic (exact) mass is 399 g/mol. The summed E-state index contributed by atoms with van der Waals surface area (Å²) in [6, 6.07) is 13.4. The Labute approximate surface area is 166 Å². The van der Waals surface area contributed by atoms with Gasteiger partial charge in [-0.3, -0.25) is 4.98 Å². The molecule has 0 unspecified atom stereocenters. The summed E-state index contributed by atoms with van der Waals surface area (Å²) in [5.74, 6) is 0.177. The minimum absolute atomic E-state index is 0.283. The number of benzene rings is 2. The number of hydrogen-bond donors (Lipinski definition) is 2. The van der Waals surface area contributed by atoms with Crippen molar-refractivity contribution >= 4 is 40.2 Å². The third-order valence-electron chi connectivity index (χ3n) is 3.87. The van der Waals surface area contributed by atoms with Crippen LogP contribution in [0.25, 0.3) is 10.9 Å². The molecule has 0 saturated heterocycles. The molecule has 3 rings (SSSR count). The van der Waals surface area contributed by atoms with Gasteiger partial charge in [0.1, 0.15) is 12.4 Å². The third-order valence-corrected chi connectivity index (χ3v) is 4.20. The summed E-state index contributed by atoms with van der Waals surface area (Å²) < 4.78 is 10.3. The van der Waals surface area contributed by atoms with Crippen molar-refractivity contribution in [3.8, 4) is 5.75 Å². The molecule has 2 amide bonds. The van der Waals surface area contributed by atoms with Gasteiger partial charge >= 0.3 is 12.0 Å². The summed E-state index contributed by atoms with van der Waals surface area (Å²) >= 11 is 6.05. The molecule has 0 spiro atoms. The van der Waals surface area contributed by atoms with Crippen LogP contribution in [-0.4, -0.2) is 37.2 Å². The van der Waals surface area contributed by atoms with Crippen LogP contribution in [0.5, 0.6) is 5.75 Å². The van der Waals surface area contributed by atoms with E-state index in [1.807, 2.05) is 30.3 Å². The Morgan fingerprint density at radius 2 is 2.00 bits per heavy atom. The number of urea groups is 1. The van der Waals surface area contributed by atoms with Crippen LogP contribution in [0.2, 0.25) is 5.02 Å². The van der Waals surface area contributed by atoms with E-state index in [1.165, 1.54) is 25.3 Å². The molecule has 0 atom stereocenters. The molecular formula is C20H18ClN3O4. The summed E-state index contributed by atoms with van der Waals surface area (Å²) in [6.45, 7) is 0.570. The molecule has 0 bridgehead atoms. The van der Waals surface area contributed by atoms with E-state index >= 15 is 0 Å². The topological polar surface area (TPSA) is 89.5 Å². The van der Waals surface area contributed by atoms with Gasteiger partial charge in [0.25, 0.3) is 0 Å². The molecule has 3 aromatic rings. The van der Waals surface area contributed by atoms with Gasteiger partial charge in [-0.15, -0.1) is 0 Å². The molecule has 2 aromatic carbocycles. The van der Waals surface area contributed by atoms with E-state index in [4.69, 9.17) is 16.3 Å². The van der Waals surface area contributed by atoms with Gasteiger partial charge in [0.05, 0.1) is 35.4 Å². The fourth-order valence-electron chi connectivity index (χ4n) is 2.51. The van der Waals surface area contributed by atoms with Crippen molar-refractivity contribution in [2.24, 2.45) is 0 Å². The fourth-order valence-corrected chi connectivity index (χ4v) is 2.67. The van der Waals surface area contributed by atoms with Crippen molar-refractivity contribution in [1.82, 2.24) is 10.3 Å². The molecule has 2 N–H and O–H groups in total. The fraction of sp³-hybridized carbons (Fsp3) is 0.150. The van der Waals surface area contributed by atoms with E-state index in [0.717, 1.165) is 10.9 Å². The smallest absolute Gasteiger partial charge is 0.337 e. The van der Waals surface area contributed by atoms with Crippen molar-refractivity contribution < 1.29 is 19.1 Å². The lowest BCUT2D eigenvalue weighted by molar-refractivity contribution is 0.0600. The molecule has 28 heavy (non-hydrogen) atoms. The number of pyridine rings is 1. The number of ether oxygens (including phenoxy) is 2. The molecule has 0 radical (unpaired) electrons. The van der Waals surface area contributed by atoms with E-state index in [9.17, 15) is 9.59 Å². The first-order chi connectivity index (χ1) is 13.6. The van der Waals surface area contributed by atoms with Crippen LogP contribution in [-0.2, 0) is 4.74 Å². The molecule has 8 heteroatoms. The third kappa shape index (κ3) is 4.89. The van der Waals surface area contributed by atoms with Crippen LogP contribution >= 0.6 is 11.6 Å². The summed E-state index contributed by atoms with van der Waals surface area (Å²) in [5, 5.41) is 6.55. The lowest BCUT2D eigenvalue weighted by Gasteiger charge is -2.11. The van der Waals surface area contributed by atoms with Crippen molar-refractivity contribution in [3.63, 3.8) is 0 Å². The average molecular weight is 400 g/mol. The number of nitrogens with one attached hydrogen (secondary N) is 2. The van der Waals surface area contributed by atoms with Gasteiger partial charge in [0.2, 0.25) is 0 Å². The highest BCUT2D eigenvalue weighted by Crippen LogP contribution is 2.23. The van der Waals surface area contributed by atoms with Crippen LogP contribution in [0.3, 0.4) is 0 Å². The lowest BCUT2D eigenvalue weighted by atomic mass is 10.2. The highest BCUT2D eigenvalue weighted by atomic mass is 35.5. The highest BCUT2D eigenvalue weighted by Gasteiger charge is 2.11. The van der Waals surface area contributed by atoms with Gasteiger partial charge in [0.15, 0.2) is 0 Å². The van der Waals surface area contributed by atoms with Crippen LogP contribution in [0.1, 0.15) is 10.4 Å². The maximum atomic E-state index is 12.0. The molecule has 144 valence electrons. The van der Waals surface area contributed by atoms with Gasteiger partial charge in [-0.25, -0.2) is 9.59 Å². The molecule has 1 aromatic heterocycles. The second kappa shape index (κ2) is 9.05. The molecule has 1 heterocycles. The summed E-state index contributed by atoms with van der Waals surface area (Å²) in [7, 11) is 1.28. The molecule has 0 aliphatic carbocycles. The Morgan fingerprint density at radius 1 is 1.14 bits per heavy atom. The van der Waals surface area contributed by atoms with Gasteiger partial charge in [-0.2, -0.15) is 0 Å². The summed E-state index contributed by atoms with van der Waals surface area (Å²) in [4.78, 5) is 27.9. The number of esters is 1. The number of methoxy groups -OCH3 is 1. The van der Waals surface area contributed by atoms with Crippen LogP contribution in [0, 0.1) is 0 Å². The molecule has 0 fully saturated rings. The maximum absolute atomic E-state index is 12.0. The SMILES string of the molecule is COC(=O)c1ccc(Cl)c(NC(=O)NCCOc2ccc3ncccc3c2)c1.